The molecular weight excluding hydrogens is 272 g/mol. The number of halogens is 1. The second kappa shape index (κ2) is 5.37. The highest BCUT2D eigenvalue weighted by Gasteiger charge is 2.24. The van der Waals surface area contributed by atoms with E-state index in [1.165, 1.54) is 11.3 Å². The molecule has 1 aliphatic rings. The fourth-order valence-corrected chi connectivity index (χ4v) is 3.69. The lowest BCUT2D eigenvalue weighted by atomic mass is 9.96. The topological polar surface area (TPSA) is 20.2 Å². The Kier molecular flexibility index (Phi) is 4.12. The molecule has 0 saturated carbocycles. The summed E-state index contributed by atoms with van der Waals surface area (Å²) in [5.41, 5.74) is 1.21. The van der Waals surface area contributed by atoms with Crippen LogP contribution in [-0.4, -0.2) is 22.7 Å². The summed E-state index contributed by atoms with van der Waals surface area (Å²) in [6, 6.07) is 8.14. The highest BCUT2D eigenvalue weighted by Crippen LogP contribution is 2.28. The minimum Gasteiger partial charge on any atom is -0.392 e. The first-order valence-corrected chi connectivity index (χ1v) is 7.21. The first-order chi connectivity index (χ1) is 7.27. The third-order valence-corrected chi connectivity index (χ3v) is 4.86. The molecule has 0 bridgehead atoms. The SMILES string of the molecule is OC(Cc1ccccc1Br)C1CCSC1. The van der Waals surface area contributed by atoms with Crippen molar-refractivity contribution in [3.05, 3.63) is 34.3 Å². The van der Waals surface area contributed by atoms with Gasteiger partial charge in [-0.05, 0) is 41.9 Å². The van der Waals surface area contributed by atoms with Gasteiger partial charge in [-0.2, -0.15) is 11.8 Å². The fourth-order valence-electron chi connectivity index (χ4n) is 1.91. The Labute approximate surface area is 103 Å². The summed E-state index contributed by atoms with van der Waals surface area (Å²) >= 11 is 5.47. The van der Waals surface area contributed by atoms with E-state index < -0.39 is 0 Å². The first kappa shape index (κ1) is 11.5. The van der Waals surface area contributed by atoms with Crippen LogP contribution in [0.1, 0.15) is 12.0 Å². The van der Waals surface area contributed by atoms with Crippen LogP contribution in [0.5, 0.6) is 0 Å². The van der Waals surface area contributed by atoms with Crippen molar-refractivity contribution in [1.29, 1.82) is 0 Å². The van der Waals surface area contributed by atoms with E-state index in [0.717, 1.165) is 23.1 Å². The highest BCUT2D eigenvalue weighted by atomic mass is 79.9. The van der Waals surface area contributed by atoms with Crippen LogP contribution < -0.4 is 0 Å². The smallest absolute Gasteiger partial charge is 0.0617 e. The number of benzene rings is 1. The zero-order chi connectivity index (χ0) is 10.7. The van der Waals surface area contributed by atoms with E-state index in [4.69, 9.17) is 0 Å². The van der Waals surface area contributed by atoms with Crippen LogP contribution in [0.2, 0.25) is 0 Å². The zero-order valence-electron chi connectivity index (χ0n) is 8.53. The van der Waals surface area contributed by atoms with Gasteiger partial charge in [-0.1, -0.05) is 34.1 Å². The molecule has 0 amide bonds. The van der Waals surface area contributed by atoms with Crippen molar-refractivity contribution in [3.8, 4) is 0 Å². The molecule has 1 saturated heterocycles. The average molecular weight is 287 g/mol. The molecule has 82 valence electrons. The number of aliphatic hydroxyl groups excluding tert-OH is 1. The molecule has 1 aromatic rings. The molecule has 2 atom stereocenters. The molecule has 2 rings (SSSR count). The standard InChI is InChI=1S/C12H15BrOS/c13-11-4-2-1-3-9(11)7-12(14)10-5-6-15-8-10/h1-4,10,12,14H,5-8H2. The van der Waals surface area contributed by atoms with Crippen molar-refractivity contribution in [2.24, 2.45) is 5.92 Å². The van der Waals surface area contributed by atoms with Crippen molar-refractivity contribution in [2.75, 3.05) is 11.5 Å². The van der Waals surface area contributed by atoms with E-state index >= 15 is 0 Å². The number of hydrogen-bond donors (Lipinski definition) is 1. The summed E-state index contributed by atoms with van der Waals surface area (Å²) in [6.07, 6.45) is 1.75. The predicted molar refractivity (Wildman–Crippen MR) is 69.3 cm³/mol. The largest absolute Gasteiger partial charge is 0.392 e. The average Bonchev–Trinajstić information content (AvgIpc) is 2.74. The minimum atomic E-state index is -0.182. The van der Waals surface area contributed by atoms with Crippen molar-refractivity contribution >= 4 is 27.7 Å². The van der Waals surface area contributed by atoms with Gasteiger partial charge < -0.3 is 5.11 Å². The second-order valence-electron chi connectivity index (χ2n) is 3.99. The maximum absolute atomic E-state index is 10.1. The van der Waals surface area contributed by atoms with E-state index in [2.05, 4.69) is 22.0 Å². The molecule has 1 N–H and O–H groups in total. The lowest BCUT2D eigenvalue weighted by Crippen LogP contribution is -2.22. The van der Waals surface area contributed by atoms with Crippen LogP contribution in [0.25, 0.3) is 0 Å². The Bertz CT molecular complexity index is 323. The Balaban J connectivity index is 1.99. The molecule has 0 aliphatic carbocycles. The molecule has 15 heavy (non-hydrogen) atoms. The van der Waals surface area contributed by atoms with Gasteiger partial charge in [-0.25, -0.2) is 0 Å². The zero-order valence-corrected chi connectivity index (χ0v) is 10.9. The number of thioether (sulfide) groups is 1. The third kappa shape index (κ3) is 2.99. The van der Waals surface area contributed by atoms with Crippen molar-refractivity contribution in [1.82, 2.24) is 0 Å². The van der Waals surface area contributed by atoms with Crippen molar-refractivity contribution in [3.63, 3.8) is 0 Å². The summed E-state index contributed by atoms with van der Waals surface area (Å²) in [4.78, 5) is 0. The van der Waals surface area contributed by atoms with Gasteiger partial charge in [0, 0.05) is 4.47 Å². The molecule has 1 aliphatic heterocycles. The molecule has 0 spiro atoms. The first-order valence-electron chi connectivity index (χ1n) is 5.26. The van der Waals surface area contributed by atoms with E-state index in [-0.39, 0.29) is 6.10 Å². The van der Waals surface area contributed by atoms with E-state index in [1.807, 2.05) is 30.0 Å². The van der Waals surface area contributed by atoms with Gasteiger partial charge in [0.15, 0.2) is 0 Å². The molecular formula is C12H15BrOS. The van der Waals surface area contributed by atoms with Crippen LogP contribution in [0.15, 0.2) is 28.7 Å². The molecule has 0 aromatic heterocycles. The normalized spacial score (nSPS) is 22.9. The Morgan fingerprint density at radius 3 is 2.93 bits per heavy atom. The Morgan fingerprint density at radius 2 is 2.27 bits per heavy atom. The summed E-state index contributed by atoms with van der Waals surface area (Å²) in [7, 11) is 0. The Morgan fingerprint density at radius 1 is 1.47 bits per heavy atom. The lowest BCUT2D eigenvalue weighted by Gasteiger charge is -2.17. The monoisotopic (exact) mass is 286 g/mol. The van der Waals surface area contributed by atoms with Crippen molar-refractivity contribution < 1.29 is 5.11 Å². The van der Waals surface area contributed by atoms with Crippen molar-refractivity contribution in [2.45, 2.75) is 18.9 Å². The van der Waals surface area contributed by atoms with Crippen LogP contribution in [0.3, 0.4) is 0 Å². The molecule has 1 fully saturated rings. The maximum Gasteiger partial charge on any atom is 0.0617 e. The summed E-state index contributed by atoms with van der Waals surface area (Å²) in [5.74, 6) is 2.81. The molecule has 1 aromatic carbocycles. The molecule has 1 heterocycles. The Hall–Kier alpha value is 0.01000. The van der Waals surface area contributed by atoms with E-state index in [9.17, 15) is 5.11 Å². The van der Waals surface area contributed by atoms with Gasteiger partial charge >= 0.3 is 0 Å². The third-order valence-electron chi connectivity index (χ3n) is 2.90. The minimum absolute atomic E-state index is 0.182. The van der Waals surface area contributed by atoms with Gasteiger partial charge in [0.25, 0.3) is 0 Å². The van der Waals surface area contributed by atoms with Crippen LogP contribution in [-0.2, 0) is 6.42 Å². The molecule has 0 radical (unpaired) electrons. The summed E-state index contributed by atoms with van der Waals surface area (Å²) in [5, 5.41) is 10.1. The lowest BCUT2D eigenvalue weighted by molar-refractivity contribution is 0.120. The fraction of sp³-hybridized carbons (Fsp3) is 0.500. The number of rotatable bonds is 3. The molecule has 1 nitrogen and oxygen atoms in total. The van der Waals surface area contributed by atoms with Gasteiger partial charge in [-0.3, -0.25) is 0 Å². The van der Waals surface area contributed by atoms with Gasteiger partial charge in [0.1, 0.15) is 0 Å². The van der Waals surface area contributed by atoms with Crippen LogP contribution >= 0.6 is 27.7 Å². The highest BCUT2D eigenvalue weighted by molar-refractivity contribution is 9.10. The van der Waals surface area contributed by atoms with Crippen LogP contribution in [0, 0.1) is 5.92 Å². The predicted octanol–water partition coefficient (Wildman–Crippen LogP) is 3.11. The molecule has 2 unspecified atom stereocenters. The van der Waals surface area contributed by atoms with Gasteiger partial charge in [-0.15, -0.1) is 0 Å². The summed E-state index contributed by atoms with van der Waals surface area (Å²) in [6.45, 7) is 0. The van der Waals surface area contributed by atoms with Gasteiger partial charge in [0.05, 0.1) is 6.10 Å². The van der Waals surface area contributed by atoms with Gasteiger partial charge in [0.2, 0.25) is 0 Å². The quantitative estimate of drug-likeness (QED) is 0.922. The van der Waals surface area contributed by atoms with E-state index in [1.54, 1.807) is 0 Å². The second-order valence-corrected chi connectivity index (χ2v) is 5.99. The van der Waals surface area contributed by atoms with Crippen LogP contribution in [0.4, 0.5) is 0 Å². The molecule has 3 heteroatoms. The number of hydrogen-bond acceptors (Lipinski definition) is 2. The number of aliphatic hydroxyl groups is 1. The summed E-state index contributed by atoms with van der Waals surface area (Å²) < 4.78 is 1.11. The van der Waals surface area contributed by atoms with E-state index in [0.29, 0.717) is 5.92 Å². The maximum atomic E-state index is 10.1.